The highest BCUT2D eigenvalue weighted by Gasteiger charge is 2.27. The van der Waals surface area contributed by atoms with E-state index in [9.17, 15) is 4.79 Å². The molecular weight excluding hydrogens is 308 g/mol. The number of hydrogen-bond acceptors (Lipinski definition) is 4. The Labute approximate surface area is 142 Å². The number of carbonyl (C=O) groups is 1. The Morgan fingerprint density at radius 3 is 2.39 bits per heavy atom. The smallest absolute Gasteiger partial charge is 0.235 e. The summed E-state index contributed by atoms with van der Waals surface area (Å²) in [6.45, 7) is 6.95. The first-order valence-electron chi connectivity index (χ1n) is 7.82. The Morgan fingerprint density at radius 1 is 1.22 bits per heavy atom. The van der Waals surface area contributed by atoms with Crippen molar-refractivity contribution < 1.29 is 4.79 Å². The average molecular weight is 332 g/mol. The van der Waals surface area contributed by atoms with Crippen LogP contribution in [0.1, 0.15) is 20.8 Å². The Hall–Kier alpha value is -1.82. The molecule has 0 saturated heterocycles. The van der Waals surface area contributed by atoms with Gasteiger partial charge in [-0.2, -0.15) is 0 Å². The Balaban J connectivity index is 2.33. The van der Waals surface area contributed by atoms with Crippen LogP contribution in [0.5, 0.6) is 0 Å². The molecule has 6 heteroatoms. The minimum Gasteiger partial charge on any atom is -0.348 e. The number of hydrogen-bond donors (Lipinski definition) is 0. The van der Waals surface area contributed by atoms with Crippen molar-refractivity contribution in [1.82, 2.24) is 19.7 Å². The van der Waals surface area contributed by atoms with Crippen molar-refractivity contribution in [3.05, 3.63) is 30.3 Å². The number of carbonyl (C=O) groups excluding carboxylic acids is 1. The predicted molar refractivity (Wildman–Crippen MR) is 94.3 cm³/mol. The van der Waals surface area contributed by atoms with E-state index >= 15 is 0 Å². The Kier molecular flexibility index (Phi) is 5.82. The minimum absolute atomic E-state index is 0.108. The molecule has 0 spiro atoms. The van der Waals surface area contributed by atoms with E-state index < -0.39 is 0 Å². The normalized spacial score (nSPS) is 12.4. The van der Waals surface area contributed by atoms with Crippen molar-refractivity contribution in [2.24, 2.45) is 5.92 Å². The van der Waals surface area contributed by atoms with Gasteiger partial charge in [0.1, 0.15) is 0 Å². The maximum atomic E-state index is 12.4. The van der Waals surface area contributed by atoms with Crippen molar-refractivity contribution in [3.63, 3.8) is 0 Å². The van der Waals surface area contributed by atoms with Crippen LogP contribution < -0.4 is 0 Å². The van der Waals surface area contributed by atoms with Crippen LogP contribution >= 0.6 is 11.8 Å². The van der Waals surface area contributed by atoms with Crippen LogP contribution in [0.4, 0.5) is 0 Å². The zero-order valence-corrected chi connectivity index (χ0v) is 15.2. The summed E-state index contributed by atoms with van der Waals surface area (Å²) in [5.74, 6) is 1.17. The number of benzene rings is 1. The molecule has 1 heterocycles. The fourth-order valence-corrected chi connectivity index (χ4v) is 3.54. The molecule has 2 rings (SSSR count). The van der Waals surface area contributed by atoms with Crippen LogP contribution in [0.25, 0.3) is 11.4 Å². The first-order valence-corrected chi connectivity index (χ1v) is 8.70. The second-order valence-corrected chi connectivity index (χ2v) is 7.04. The predicted octanol–water partition coefficient (Wildman–Crippen LogP) is 3.17. The largest absolute Gasteiger partial charge is 0.348 e. The highest BCUT2D eigenvalue weighted by Crippen LogP contribution is 2.30. The van der Waals surface area contributed by atoms with Crippen LogP contribution in [0, 0.1) is 5.92 Å². The fraction of sp³-hybridized carbons (Fsp3) is 0.471. The molecule has 0 fully saturated rings. The topological polar surface area (TPSA) is 51.0 Å². The highest BCUT2D eigenvalue weighted by molar-refractivity contribution is 8.00. The molecule has 0 saturated carbocycles. The third kappa shape index (κ3) is 3.93. The Morgan fingerprint density at radius 2 is 1.87 bits per heavy atom. The molecule has 1 aromatic carbocycles. The van der Waals surface area contributed by atoms with Crippen molar-refractivity contribution in [1.29, 1.82) is 0 Å². The number of amides is 1. The van der Waals surface area contributed by atoms with Gasteiger partial charge in [-0.05, 0) is 12.8 Å². The van der Waals surface area contributed by atoms with Crippen molar-refractivity contribution >= 4 is 17.7 Å². The molecule has 1 amide bonds. The third-order valence-corrected chi connectivity index (χ3v) is 5.10. The fourth-order valence-electron chi connectivity index (χ4n) is 2.30. The van der Waals surface area contributed by atoms with E-state index in [-0.39, 0.29) is 17.1 Å². The highest BCUT2D eigenvalue weighted by atomic mass is 32.2. The lowest BCUT2D eigenvalue weighted by Gasteiger charge is -2.22. The lowest BCUT2D eigenvalue weighted by Crippen LogP contribution is -2.35. The van der Waals surface area contributed by atoms with Gasteiger partial charge in [-0.3, -0.25) is 4.79 Å². The van der Waals surface area contributed by atoms with Gasteiger partial charge in [0.2, 0.25) is 5.91 Å². The summed E-state index contributed by atoms with van der Waals surface area (Å²) < 4.78 is 2.07. The summed E-state index contributed by atoms with van der Waals surface area (Å²) >= 11 is 1.50. The van der Waals surface area contributed by atoms with Gasteiger partial charge in [-0.25, -0.2) is 0 Å². The molecular formula is C17H24N4OS. The van der Waals surface area contributed by atoms with E-state index in [0.29, 0.717) is 0 Å². The van der Waals surface area contributed by atoms with E-state index in [4.69, 9.17) is 0 Å². The molecule has 1 atom stereocenters. The Bertz CT molecular complexity index is 652. The maximum absolute atomic E-state index is 12.4. The molecule has 0 radical (unpaired) electrons. The number of thioether (sulfide) groups is 1. The van der Waals surface area contributed by atoms with E-state index in [1.54, 1.807) is 19.0 Å². The van der Waals surface area contributed by atoms with Gasteiger partial charge >= 0.3 is 0 Å². The molecule has 5 nitrogen and oxygen atoms in total. The van der Waals surface area contributed by atoms with Crippen LogP contribution in [-0.2, 0) is 11.3 Å². The molecule has 0 aliphatic heterocycles. The van der Waals surface area contributed by atoms with Gasteiger partial charge in [0, 0.05) is 26.2 Å². The number of aromatic nitrogens is 3. The van der Waals surface area contributed by atoms with E-state index in [1.807, 2.05) is 30.3 Å². The molecule has 0 unspecified atom stereocenters. The minimum atomic E-state index is -0.164. The maximum Gasteiger partial charge on any atom is 0.235 e. The SMILES string of the molecule is CCn1c(S[C@H](C(=O)N(C)C)C(C)C)nnc1-c1ccccc1. The zero-order valence-electron chi connectivity index (χ0n) is 14.4. The molecule has 0 bridgehead atoms. The zero-order chi connectivity index (χ0) is 17.0. The molecule has 0 aliphatic rings. The lowest BCUT2D eigenvalue weighted by molar-refractivity contribution is -0.128. The summed E-state index contributed by atoms with van der Waals surface area (Å²) in [6.07, 6.45) is 0. The summed E-state index contributed by atoms with van der Waals surface area (Å²) in [7, 11) is 3.58. The van der Waals surface area contributed by atoms with Gasteiger partial charge in [0.15, 0.2) is 11.0 Å². The molecule has 124 valence electrons. The number of nitrogens with zero attached hydrogens (tertiary/aromatic N) is 4. The molecule has 0 N–H and O–H groups in total. The van der Waals surface area contributed by atoms with Gasteiger partial charge in [-0.15, -0.1) is 10.2 Å². The lowest BCUT2D eigenvalue weighted by atomic mass is 10.1. The quantitative estimate of drug-likeness (QED) is 0.763. The van der Waals surface area contributed by atoms with Crippen LogP contribution in [-0.4, -0.2) is 44.9 Å². The molecule has 2 aromatic rings. The van der Waals surface area contributed by atoms with Crippen LogP contribution in [0.15, 0.2) is 35.5 Å². The summed E-state index contributed by atoms with van der Waals surface area (Å²) in [4.78, 5) is 14.1. The molecule has 23 heavy (non-hydrogen) atoms. The first kappa shape index (κ1) is 17.5. The van der Waals surface area contributed by atoms with E-state index in [1.165, 1.54) is 11.8 Å². The third-order valence-electron chi connectivity index (χ3n) is 3.59. The standard InChI is InChI=1S/C17H24N4OS/c1-6-21-15(13-10-8-7-9-11-13)18-19-17(21)23-14(12(2)3)16(22)20(4)5/h7-12,14H,6H2,1-5H3/t14-/m0/s1. The molecule has 1 aromatic heterocycles. The first-order chi connectivity index (χ1) is 11.0. The summed E-state index contributed by atoms with van der Waals surface area (Å²) in [6, 6.07) is 10.0. The van der Waals surface area contributed by atoms with Crippen LogP contribution in [0.3, 0.4) is 0 Å². The van der Waals surface area contributed by atoms with Crippen molar-refractivity contribution in [2.45, 2.75) is 37.7 Å². The van der Waals surface area contributed by atoms with Crippen molar-refractivity contribution in [2.75, 3.05) is 14.1 Å². The number of rotatable bonds is 6. The van der Waals surface area contributed by atoms with Gasteiger partial charge in [0.05, 0.1) is 5.25 Å². The summed E-state index contributed by atoms with van der Waals surface area (Å²) in [5.41, 5.74) is 1.04. The second kappa shape index (κ2) is 7.64. The monoisotopic (exact) mass is 332 g/mol. The summed E-state index contributed by atoms with van der Waals surface area (Å²) in [5, 5.41) is 9.30. The van der Waals surface area contributed by atoms with E-state index in [0.717, 1.165) is 23.1 Å². The van der Waals surface area contributed by atoms with Crippen LogP contribution in [0.2, 0.25) is 0 Å². The van der Waals surface area contributed by atoms with Gasteiger partial charge < -0.3 is 9.47 Å². The second-order valence-electron chi connectivity index (χ2n) is 5.93. The molecule has 0 aliphatic carbocycles. The van der Waals surface area contributed by atoms with Gasteiger partial charge in [0.25, 0.3) is 0 Å². The van der Waals surface area contributed by atoms with Gasteiger partial charge in [-0.1, -0.05) is 55.9 Å². The van der Waals surface area contributed by atoms with Crippen molar-refractivity contribution in [3.8, 4) is 11.4 Å². The van der Waals surface area contributed by atoms with E-state index in [2.05, 4.69) is 35.5 Å². The average Bonchev–Trinajstić information content (AvgIpc) is 2.95.